The van der Waals surface area contributed by atoms with Crippen LogP contribution in [0.25, 0.3) is 0 Å². The number of amides is 1. The van der Waals surface area contributed by atoms with Crippen molar-refractivity contribution in [3.63, 3.8) is 0 Å². The van der Waals surface area contributed by atoms with Gasteiger partial charge in [-0.15, -0.1) is 11.8 Å². The van der Waals surface area contributed by atoms with Gasteiger partial charge in [-0.05, 0) is 19.4 Å². The molecule has 3 nitrogen and oxygen atoms in total. The first-order valence-corrected chi connectivity index (χ1v) is 7.85. The number of morpholine rings is 1. The Morgan fingerprint density at radius 3 is 2.53 bits per heavy atom. The van der Waals surface area contributed by atoms with Crippen LogP contribution in [0.4, 0.5) is 0 Å². The minimum Gasteiger partial charge on any atom is -0.372 e. The zero-order chi connectivity index (χ0) is 13.7. The quantitative estimate of drug-likeness (QED) is 0.848. The third-order valence-corrected chi connectivity index (χ3v) is 4.10. The van der Waals surface area contributed by atoms with Gasteiger partial charge in [-0.25, -0.2) is 0 Å². The normalized spacial score (nSPS) is 23.4. The predicted molar refractivity (Wildman–Crippen MR) is 79.2 cm³/mol. The topological polar surface area (TPSA) is 29.5 Å². The molecule has 0 N–H and O–H groups in total. The Labute approximate surface area is 119 Å². The van der Waals surface area contributed by atoms with Crippen molar-refractivity contribution in [2.24, 2.45) is 0 Å². The van der Waals surface area contributed by atoms with Gasteiger partial charge < -0.3 is 9.64 Å². The summed E-state index contributed by atoms with van der Waals surface area (Å²) in [5.74, 6) is 1.67. The molecule has 1 aromatic carbocycles. The van der Waals surface area contributed by atoms with Crippen LogP contribution in [-0.4, -0.2) is 41.9 Å². The van der Waals surface area contributed by atoms with Crippen LogP contribution < -0.4 is 0 Å². The summed E-state index contributed by atoms with van der Waals surface area (Å²) in [6.45, 7) is 5.48. The molecule has 0 bridgehead atoms. The zero-order valence-corrected chi connectivity index (χ0v) is 12.4. The Morgan fingerprint density at radius 1 is 1.26 bits per heavy atom. The first-order chi connectivity index (χ1) is 9.15. The lowest BCUT2D eigenvalue weighted by atomic mass is 10.2. The fourth-order valence-electron chi connectivity index (χ4n) is 2.30. The van der Waals surface area contributed by atoms with E-state index in [0.29, 0.717) is 5.75 Å². The first-order valence-electron chi connectivity index (χ1n) is 6.70. The number of carbonyl (C=O) groups excluding carboxylic acids is 1. The summed E-state index contributed by atoms with van der Waals surface area (Å²) in [4.78, 5) is 14.1. The highest BCUT2D eigenvalue weighted by atomic mass is 32.2. The maximum absolute atomic E-state index is 12.1. The Hall–Kier alpha value is -1.00. The smallest absolute Gasteiger partial charge is 0.232 e. The Kier molecular flexibility index (Phi) is 5.28. The van der Waals surface area contributed by atoms with Gasteiger partial charge in [0.1, 0.15) is 0 Å². The average Bonchev–Trinajstić information content (AvgIpc) is 2.38. The number of benzene rings is 1. The maximum Gasteiger partial charge on any atom is 0.232 e. The van der Waals surface area contributed by atoms with Crippen molar-refractivity contribution in [2.75, 3.05) is 18.8 Å². The van der Waals surface area contributed by atoms with Gasteiger partial charge in [-0.2, -0.15) is 0 Å². The molecule has 1 amide bonds. The average molecular weight is 279 g/mol. The molecule has 2 atom stereocenters. The highest BCUT2D eigenvalue weighted by Gasteiger charge is 2.25. The fourth-order valence-corrected chi connectivity index (χ4v) is 3.19. The summed E-state index contributed by atoms with van der Waals surface area (Å²) in [7, 11) is 0. The molecule has 1 heterocycles. The van der Waals surface area contributed by atoms with Gasteiger partial charge in [0.15, 0.2) is 0 Å². The summed E-state index contributed by atoms with van der Waals surface area (Å²) in [5, 5.41) is 0. The standard InChI is InChI=1S/C15H21NO2S/c1-12-8-16(9-13(2)18-12)15(17)11-19-10-14-6-4-3-5-7-14/h3-7,12-13H,8-11H2,1-2H3/t12-,13-/m0/s1. The van der Waals surface area contributed by atoms with Crippen molar-refractivity contribution in [1.82, 2.24) is 4.90 Å². The van der Waals surface area contributed by atoms with Crippen molar-refractivity contribution in [3.8, 4) is 0 Å². The van der Waals surface area contributed by atoms with E-state index in [1.54, 1.807) is 11.8 Å². The Morgan fingerprint density at radius 2 is 1.89 bits per heavy atom. The highest BCUT2D eigenvalue weighted by molar-refractivity contribution is 7.99. The van der Waals surface area contributed by atoms with E-state index in [4.69, 9.17) is 4.74 Å². The molecule has 0 unspecified atom stereocenters. The van der Waals surface area contributed by atoms with Crippen LogP contribution in [0.2, 0.25) is 0 Å². The lowest BCUT2D eigenvalue weighted by Crippen LogP contribution is -2.48. The number of rotatable bonds is 4. The molecule has 1 fully saturated rings. The molecule has 0 saturated carbocycles. The lowest BCUT2D eigenvalue weighted by Gasteiger charge is -2.35. The molecule has 19 heavy (non-hydrogen) atoms. The summed E-state index contributed by atoms with van der Waals surface area (Å²) in [5.41, 5.74) is 1.27. The van der Waals surface area contributed by atoms with Crippen LogP contribution in [0.1, 0.15) is 19.4 Å². The minimum atomic E-state index is 0.145. The molecule has 1 aliphatic heterocycles. The van der Waals surface area contributed by atoms with Crippen LogP contribution in [0.3, 0.4) is 0 Å². The zero-order valence-electron chi connectivity index (χ0n) is 11.5. The van der Waals surface area contributed by atoms with E-state index in [2.05, 4.69) is 12.1 Å². The number of ether oxygens (including phenoxy) is 1. The third kappa shape index (κ3) is 4.55. The van der Waals surface area contributed by atoms with E-state index < -0.39 is 0 Å². The second-order valence-electron chi connectivity index (χ2n) is 5.03. The third-order valence-electron chi connectivity index (χ3n) is 3.11. The molecule has 0 aromatic heterocycles. The Balaban J connectivity index is 1.75. The van der Waals surface area contributed by atoms with Crippen molar-refractivity contribution >= 4 is 17.7 Å². The maximum atomic E-state index is 12.1. The molecule has 4 heteroatoms. The fraction of sp³-hybridized carbons (Fsp3) is 0.533. The van der Waals surface area contributed by atoms with Crippen molar-refractivity contribution in [3.05, 3.63) is 35.9 Å². The number of nitrogens with zero attached hydrogens (tertiary/aromatic N) is 1. The molecule has 0 radical (unpaired) electrons. The summed E-state index contributed by atoms with van der Waals surface area (Å²) >= 11 is 1.68. The van der Waals surface area contributed by atoms with Crippen LogP contribution in [0, 0.1) is 0 Å². The predicted octanol–water partition coefficient (Wildman–Crippen LogP) is 2.56. The van der Waals surface area contributed by atoms with E-state index in [9.17, 15) is 4.79 Å². The highest BCUT2D eigenvalue weighted by Crippen LogP contribution is 2.15. The van der Waals surface area contributed by atoms with Gasteiger partial charge >= 0.3 is 0 Å². The lowest BCUT2D eigenvalue weighted by molar-refractivity contribution is -0.140. The Bertz CT molecular complexity index is 400. The number of hydrogen-bond acceptors (Lipinski definition) is 3. The molecular weight excluding hydrogens is 258 g/mol. The monoisotopic (exact) mass is 279 g/mol. The summed E-state index contributed by atoms with van der Waals surface area (Å²) in [6.07, 6.45) is 0.290. The van der Waals surface area contributed by atoms with Crippen molar-refractivity contribution < 1.29 is 9.53 Å². The summed E-state index contributed by atoms with van der Waals surface area (Å²) < 4.78 is 5.64. The first kappa shape index (κ1) is 14.4. The van der Waals surface area contributed by atoms with Crippen LogP contribution in [-0.2, 0) is 15.3 Å². The number of hydrogen-bond donors (Lipinski definition) is 0. The van der Waals surface area contributed by atoms with E-state index in [1.165, 1.54) is 5.56 Å². The molecule has 1 aliphatic rings. The van der Waals surface area contributed by atoms with Crippen LogP contribution in [0.15, 0.2) is 30.3 Å². The SMILES string of the molecule is C[C@H]1CN(C(=O)CSCc2ccccc2)C[C@H](C)O1. The molecule has 1 saturated heterocycles. The van der Waals surface area contributed by atoms with Gasteiger partial charge in [-0.1, -0.05) is 30.3 Å². The largest absolute Gasteiger partial charge is 0.372 e. The van der Waals surface area contributed by atoms with Crippen molar-refractivity contribution in [2.45, 2.75) is 31.8 Å². The van der Waals surface area contributed by atoms with Crippen molar-refractivity contribution in [1.29, 1.82) is 0 Å². The van der Waals surface area contributed by atoms with Crippen LogP contribution >= 0.6 is 11.8 Å². The molecule has 2 rings (SSSR count). The molecule has 0 spiro atoms. The van der Waals surface area contributed by atoms with Crippen LogP contribution in [0.5, 0.6) is 0 Å². The van der Waals surface area contributed by atoms with Gasteiger partial charge in [0.05, 0.1) is 18.0 Å². The number of thioether (sulfide) groups is 1. The molecular formula is C15H21NO2S. The summed E-state index contributed by atoms with van der Waals surface area (Å²) in [6, 6.07) is 10.3. The van der Waals surface area contributed by atoms with E-state index in [1.807, 2.05) is 36.9 Å². The molecule has 0 aliphatic carbocycles. The van der Waals surface area contributed by atoms with E-state index in [0.717, 1.165) is 18.8 Å². The van der Waals surface area contributed by atoms with E-state index >= 15 is 0 Å². The van der Waals surface area contributed by atoms with Gasteiger partial charge in [0.25, 0.3) is 0 Å². The molecule has 1 aromatic rings. The molecule has 104 valence electrons. The van der Waals surface area contributed by atoms with Gasteiger partial charge in [-0.3, -0.25) is 4.79 Å². The minimum absolute atomic E-state index is 0.145. The second kappa shape index (κ2) is 6.96. The second-order valence-corrected chi connectivity index (χ2v) is 6.02. The van der Waals surface area contributed by atoms with E-state index in [-0.39, 0.29) is 18.1 Å². The van der Waals surface area contributed by atoms with Gasteiger partial charge in [0.2, 0.25) is 5.91 Å². The van der Waals surface area contributed by atoms with Gasteiger partial charge in [0, 0.05) is 18.8 Å². The number of carbonyl (C=O) groups is 1.